The van der Waals surface area contributed by atoms with E-state index >= 15 is 0 Å². The van der Waals surface area contributed by atoms with Crippen molar-refractivity contribution < 1.29 is 4.79 Å². The highest BCUT2D eigenvalue weighted by atomic mass is 16.2. The molecule has 3 nitrogen and oxygen atoms in total. The van der Waals surface area contributed by atoms with E-state index in [0.29, 0.717) is 6.04 Å². The Morgan fingerprint density at radius 3 is 2.70 bits per heavy atom. The molecule has 1 saturated heterocycles. The van der Waals surface area contributed by atoms with E-state index in [1.807, 2.05) is 23.1 Å². The molecule has 1 fully saturated rings. The number of hydrogen-bond acceptors (Lipinski definition) is 2. The number of benzene rings is 1. The first kappa shape index (κ1) is 15.0. The Labute approximate surface area is 122 Å². The highest BCUT2D eigenvalue weighted by molar-refractivity contribution is 5.82. The summed E-state index contributed by atoms with van der Waals surface area (Å²) in [5, 5.41) is 0. The number of aryl methyl sites for hydroxylation is 1. The molecule has 3 heteroatoms. The van der Waals surface area contributed by atoms with Gasteiger partial charge in [-0.2, -0.15) is 0 Å². The number of carbonyl (C=O) groups is 1. The van der Waals surface area contributed by atoms with Crippen LogP contribution >= 0.6 is 0 Å². The van der Waals surface area contributed by atoms with Crippen LogP contribution in [0.3, 0.4) is 0 Å². The molecule has 1 aliphatic rings. The van der Waals surface area contributed by atoms with Crippen LogP contribution in [-0.2, 0) is 11.2 Å². The number of amides is 1. The van der Waals surface area contributed by atoms with Gasteiger partial charge in [0.2, 0.25) is 5.91 Å². The predicted octanol–water partition coefficient (Wildman–Crippen LogP) is 2.59. The van der Waals surface area contributed by atoms with Crippen LogP contribution in [0.25, 0.3) is 0 Å². The van der Waals surface area contributed by atoms with Gasteiger partial charge in [0.15, 0.2) is 0 Å². The maximum Gasteiger partial charge on any atom is 0.239 e. The third-order valence-electron chi connectivity index (χ3n) is 4.33. The Kier molecular flexibility index (Phi) is 5.18. The second-order valence-electron chi connectivity index (χ2n) is 6.14. The zero-order valence-electron chi connectivity index (χ0n) is 12.6. The molecule has 110 valence electrons. The van der Waals surface area contributed by atoms with E-state index in [-0.39, 0.29) is 11.9 Å². The zero-order chi connectivity index (χ0) is 14.5. The molecule has 0 spiro atoms. The predicted molar refractivity (Wildman–Crippen MR) is 82.3 cm³/mol. The molecule has 2 rings (SSSR count). The molecule has 1 amide bonds. The van der Waals surface area contributed by atoms with Crippen molar-refractivity contribution in [3.05, 3.63) is 35.9 Å². The summed E-state index contributed by atoms with van der Waals surface area (Å²) in [6.07, 6.45) is 3.78. The Morgan fingerprint density at radius 2 is 2.05 bits per heavy atom. The van der Waals surface area contributed by atoms with Crippen LogP contribution in [0, 0.1) is 5.92 Å². The molecular weight excluding hydrogens is 248 g/mol. The summed E-state index contributed by atoms with van der Waals surface area (Å²) >= 11 is 0. The highest BCUT2D eigenvalue weighted by Gasteiger charge is 2.29. The van der Waals surface area contributed by atoms with Gasteiger partial charge in [0.25, 0.3) is 0 Å². The fraction of sp³-hybridized carbons (Fsp3) is 0.588. The lowest BCUT2D eigenvalue weighted by Crippen LogP contribution is -2.51. The van der Waals surface area contributed by atoms with Crippen LogP contribution in [0.5, 0.6) is 0 Å². The van der Waals surface area contributed by atoms with E-state index in [1.54, 1.807) is 0 Å². The maximum atomic E-state index is 12.4. The number of hydrogen-bond donors (Lipinski definition) is 1. The minimum absolute atomic E-state index is 0.125. The molecule has 2 N–H and O–H groups in total. The lowest BCUT2D eigenvalue weighted by Gasteiger charge is -2.38. The molecule has 1 heterocycles. The average molecular weight is 274 g/mol. The van der Waals surface area contributed by atoms with Crippen LogP contribution in [0.1, 0.15) is 38.7 Å². The first-order valence-corrected chi connectivity index (χ1v) is 7.68. The van der Waals surface area contributed by atoms with E-state index in [4.69, 9.17) is 5.73 Å². The standard InChI is InChI=1S/C17H26N2O/c1-13-10-11-19(14(2)12-13)17(20)16(18)9-8-15-6-4-3-5-7-15/h3-7,13-14,16H,8-12,18H2,1-2H3. The second kappa shape index (κ2) is 6.89. The molecule has 0 saturated carbocycles. The van der Waals surface area contributed by atoms with Gasteiger partial charge in [0.1, 0.15) is 0 Å². The quantitative estimate of drug-likeness (QED) is 0.917. The van der Waals surface area contributed by atoms with E-state index < -0.39 is 0 Å². The number of nitrogens with two attached hydrogens (primary N) is 1. The van der Waals surface area contributed by atoms with E-state index in [2.05, 4.69) is 26.0 Å². The van der Waals surface area contributed by atoms with Gasteiger partial charge in [-0.1, -0.05) is 37.3 Å². The fourth-order valence-electron chi connectivity index (χ4n) is 3.04. The Hall–Kier alpha value is -1.35. The van der Waals surface area contributed by atoms with Crippen molar-refractivity contribution in [2.24, 2.45) is 11.7 Å². The Bertz CT molecular complexity index is 432. The van der Waals surface area contributed by atoms with Crippen LogP contribution in [0.2, 0.25) is 0 Å². The minimum Gasteiger partial charge on any atom is -0.339 e. The van der Waals surface area contributed by atoms with Crippen molar-refractivity contribution in [3.8, 4) is 0 Å². The van der Waals surface area contributed by atoms with Gasteiger partial charge in [0.05, 0.1) is 6.04 Å². The number of piperidine rings is 1. The zero-order valence-corrected chi connectivity index (χ0v) is 12.6. The SMILES string of the molecule is CC1CCN(C(=O)C(N)CCc2ccccc2)C(C)C1. The molecule has 1 aromatic rings. The number of nitrogens with zero attached hydrogens (tertiary/aromatic N) is 1. The minimum atomic E-state index is -0.369. The summed E-state index contributed by atoms with van der Waals surface area (Å²) < 4.78 is 0. The summed E-state index contributed by atoms with van der Waals surface area (Å²) in [6.45, 7) is 5.26. The fourth-order valence-corrected chi connectivity index (χ4v) is 3.04. The van der Waals surface area contributed by atoms with Gasteiger partial charge in [-0.15, -0.1) is 0 Å². The molecule has 1 aromatic carbocycles. The van der Waals surface area contributed by atoms with Crippen LogP contribution in [-0.4, -0.2) is 29.4 Å². The van der Waals surface area contributed by atoms with Gasteiger partial charge in [0, 0.05) is 12.6 Å². The molecule has 20 heavy (non-hydrogen) atoms. The second-order valence-corrected chi connectivity index (χ2v) is 6.14. The van der Waals surface area contributed by atoms with Crippen molar-refractivity contribution in [1.29, 1.82) is 0 Å². The number of carbonyl (C=O) groups excluding carboxylic acids is 1. The van der Waals surface area contributed by atoms with Crippen molar-refractivity contribution in [3.63, 3.8) is 0 Å². The van der Waals surface area contributed by atoms with Gasteiger partial charge in [-0.25, -0.2) is 0 Å². The molecular formula is C17H26N2O. The highest BCUT2D eigenvalue weighted by Crippen LogP contribution is 2.23. The van der Waals surface area contributed by atoms with Gasteiger partial charge >= 0.3 is 0 Å². The molecule has 3 atom stereocenters. The van der Waals surface area contributed by atoms with E-state index in [9.17, 15) is 4.79 Å². The number of rotatable bonds is 4. The maximum absolute atomic E-state index is 12.4. The monoisotopic (exact) mass is 274 g/mol. The van der Waals surface area contributed by atoms with Crippen LogP contribution in [0.15, 0.2) is 30.3 Å². The molecule has 1 aliphatic heterocycles. The van der Waals surface area contributed by atoms with Gasteiger partial charge < -0.3 is 10.6 Å². The number of likely N-dealkylation sites (tertiary alicyclic amines) is 1. The lowest BCUT2D eigenvalue weighted by atomic mass is 9.92. The summed E-state index contributed by atoms with van der Waals surface area (Å²) in [5.74, 6) is 0.843. The Morgan fingerprint density at radius 1 is 1.35 bits per heavy atom. The summed E-state index contributed by atoms with van der Waals surface area (Å²) in [5.41, 5.74) is 7.35. The van der Waals surface area contributed by atoms with Crippen molar-refractivity contribution in [2.75, 3.05) is 6.54 Å². The van der Waals surface area contributed by atoms with Crippen LogP contribution < -0.4 is 5.73 Å². The van der Waals surface area contributed by atoms with Gasteiger partial charge in [-0.3, -0.25) is 4.79 Å². The molecule has 0 bridgehead atoms. The summed E-state index contributed by atoms with van der Waals surface area (Å²) in [4.78, 5) is 14.4. The molecule has 3 unspecified atom stereocenters. The van der Waals surface area contributed by atoms with Crippen molar-refractivity contribution in [1.82, 2.24) is 4.90 Å². The summed E-state index contributed by atoms with van der Waals surface area (Å²) in [6, 6.07) is 10.2. The molecule has 0 aliphatic carbocycles. The van der Waals surface area contributed by atoms with Crippen LogP contribution in [0.4, 0.5) is 0 Å². The smallest absolute Gasteiger partial charge is 0.239 e. The average Bonchev–Trinajstić information content (AvgIpc) is 2.45. The van der Waals surface area contributed by atoms with Crippen molar-refractivity contribution >= 4 is 5.91 Å². The van der Waals surface area contributed by atoms with E-state index in [0.717, 1.165) is 38.1 Å². The first-order chi connectivity index (χ1) is 9.58. The summed E-state index contributed by atoms with van der Waals surface area (Å²) in [7, 11) is 0. The first-order valence-electron chi connectivity index (χ1n) is 7.68. The largest absolute Gasteiger partial charge is 0.339 e. The third kappa shape index (κ3) is 3.83. The molecule has 0 radical (unpaired) electrons. The van der Waals surface area contributed by atoms with Crippen molar-refractivity contribution in [2.45, 2.75) is 51.6 Å². The normalized spacial score (nSPS) is 24.4. The topological polar surface area (TPSA) is 46.3 Å². The molecule has 0 aromatic heterocycles. The lowest BCUT2D eigenvalue weighted by molar-refractivity contribution is -0.136. The Balaban J connectivity index is 1.85. The van der Waals surface area contributed by atoms with Gasteiger partial charge in [-0.05, 0) is 44.1 Å². The van der Waals surface area contributed by atoms with E-state index in [1.165, 1.54) is 5.56 Å². The third-order valence-corrected chi connectivity index (χ3v) is 4.33.